The number of hydrogen-bond acceptors (Lipinski definition) is 5. The van der Waals surface area contributed by atoms with Crippen molar-refractivity contribution in [2.24, 2.45) is 0 Å². The van der Waals surface area contributed by atoms with Gasteiger partial charge in [0.05, 0.1) is 17.9 Å². The standard InChI is InChI=1S/C12H16N2O3S2/c15-10(13-8-3-1-2-4-8)7-19-12-14-9(6-18-12)5-11(16)17/h6,8H,1-5,7H2,(H,13,15)(H,16,17). The summed E-state index contributed by atoms with van der Waals surface area (Å²) in [7, 11) is 0. The molecule has 1 heterocycles. The highest BCUT2D eigenvalue weighted by Gasteiger charge is 2.17. The smallest absolute Gasteiger partial charge is 0.309 e. The Labute approximate surface area is 119 Å². The third-order valence-corrected chi connectivity index (χ3v) is 4.98. The first-order chi connectivity index (χ1) is 9.13. The lowest BCUT2D eigenvalue weighted by Crippen LogP contribution is -2.33. The fourth-order valence-corrected chi connectivity index (χ4v) is 3.71. The Kier molecular flexibility index (Phi) is 5.21. The normalized spacial score (nSPS) is 15.6. The van der Waals surface area contributed by atoms with Crippen LogP contribution in [0.15, 0.2) is 9.72 Å². The molecule has 7 heteroatoms. The van der Waals surface area contributed by atoms with Crippen LogP contribution in [0.4, 0.5) is 0 Å². The number of aromatic nitrogens is 1. The number of aliphatic carboxylic acids is 1. The first kappa shape index (κ1) is 14.3. The first-order valence-electron chi connectivity index (χ1n) is 6.22. The number of thiazole rings is 1. The molecule has 0 unspecified atom stereocenters. The number of carbonyl (C=O) groups is 2. The number of carboxylic acid groups (broad SMARTS) is 1. The lowest BCUT2D eigenvalue weighted by molar-refractivity contribution is -0.136. The zero-order chi connectivity index (χ0) is 13.7. The van der Waals surface area contributed by atoms with Gasteiger partial charge in [0.15, 0.2) is 4.34 Å². The van der Waals surface area contributed by atoms with E-state index < -0.39 is 5.97 Å². The van der Waals surface area contributed by atoms with Crippen molar-refractivity contribution in [1.82, 2.24) is 10.3 Å². The Morgan fingerprint density at radius 2 is 2.21 bits per heavy atom. The quantitative estimate of drug-likeness (QED) is 0.785. The number of carboxylic acids is 1. The Morgan fingerprint density at radius 3 is 2.89 bits per heavy atom. The number of thioether (sulfide) groups is 1. The van der Waals surface area contributed by atoms with E-state index in [1.54, 1.807) is 5.38 Å². The third kappa shape index (κ3) is 4.83. The van der Waals surface area contributed by atoms with E-state index in [0.29, 0.717) is 17.5 Å². The fraction of sp³-hybridized carbons (Fsp3) is 0.583. The molecule has 0 aromatic carbocycles. The van der Waals surface area contributed by atoms with E-state index in [9.17, 15) is 9.59 Å². The number of nitrogens with one attached hydrogen (secondary N) is 1. The number of carbonyl (C=O) groups excluding carboxylic acids is 1. The summed E-state index contributed by atoms with van der Waals surface area (Å²) >= 11 is 2.75. The van der Waals surface area contributed by atoms with Gasteiger partial charge in [-0.05, 0) is 12.8 Å². The van der Waals surface area contributed by atoms with Crippen LogP contribution in [0.2, 0.25) is 0 Å². The summed E-state index contributed by atoms with van der Waals surface area (Å²) < 4.78 is 0.748. The van der Waals surface area contributed by atoms with Gasteiger partial charge in [-0.1, -0.05) is 24.6 Å². The minimum atomic E-state index is -0.888. The molecular formula is C12H16N2O3S2. The predicted octanol–water partition coefficient (Wildman–Crippen LogP) is 1.92. The molecule has 2 N–H and O–H groups in total. The van der Waals surface area contributed by atoms with E-state index in [0.717, 1.165) is 17.2 Å². The first-order valence-corrected chi connectivity index (χ1v) is 8.08. The molecule has 0 saturated heterocycles. The summed E-state index contributed by atoms with van der Waals surface area (Å²) in [5.41, 5.74) is 0.552. The van der Waals surface area contributed by atoms with E-state index in [-0.39, 0.29) is 12.3 Å². The third-order valence-electron chi connectivity index (χ3n) is 2.91. The lowest BCUT2D eigenvalue weighted by atomic mass is 10.2. The molecule has 5 nitrogen and oxygen atoms in total. The molecule has 1 aromatic heterocycles. The van der Waals surface area contributed by atoms with Crippen molar-refractivity contribution in [3.8, 4) is 0 Å². The number of amides is 1. The van der Waals surface area contributed by atoms with Crippen molar-refractivity contribution in [1.29, 1.82) is 0 Å². The molecule has 1 aromatic rings. The number of hydrogen-bond donors (Lipinski definition) is 2. The van der Waals surface area contributed by atoms with Crippen LogP contribution in [-0.4, -0.2) is 33.8 Å². The Bertz CT molecular complexity index is 456. The molecule has 1 aliphatic rings. The van der Waals surface area contributed by atoms with Crippen LogP contribution in [0, 0.1) is 0 Å². The number of rotatable bonds is 6. The average Bonchev–Trinajstić information content (AvgIpc) is 2.97. The van der Waals surface area contributed by atoms with Gasteiger partial charge in [-0.25, -0.2) is 4.98 Å². The predicted molar refractivity (Wildman–Crippen MR) is 74.6 cm³/mol. The van der Waals surface area contributed by atoms with Crippen molar-refractivity contribution in [2.75, 3.05) is 5.75 Å². The van der Waals surface area contributed by atoms with Crippen molar-refractivity contribution >= 4 is 35.0 Å². The minimum absolute atomic E-state index is 0.0342. The van der Waals surface area contributed by atoms with Crippen LogP contribution in [0.3, 0.4) is 0 Å². The minimum Gasteiger partial charge on any atom is -0.481 e. The van der Waals surface area contributed by atoms with Gasteiger partial charge in [-0.3, -0.25) is 9.59 Å². The summed E-state index contributed by atoms with van der Waals surface area (Å²) in [5.74, 6) is -0.510. The molecule has 0 aliphatic heterocycles. The monoisotopic (exact) mass is 300 g/mol. The average molecular weight is 300 g/mol. The van der Waals surface area contributed by atoms with Gasteiger partial charge in [0.25, 0.3) is 0 Å². The van der Waals surface area contributed by atoms with Gasteiger partial charge >= 0.3 is 5.97 Å². The zero-order valence-electron chi connectivity index (χ0n) is 10.4. The van der Waals surface area contributed by atoms with Gasteiger partial charge in [0.2, 0.25) is 5.91 Å². The summed E-state index contributed by atoms with van der Waals surface area (Å²) in [4.78, 5) is 26.4. The molecule has 1 fully saturated rings. The van der Waals surface area contributed by atoms with Gasteiger partial charge in [-0.2, -0.15) is 0 Å². The zero-order valence-corrected chi connectivity index (χ0v) is 12.1. The van der Waals surface area contributed by atoms with Crippen LogP contribution in [0.5, 0.6) is 0 Å². The van der Waals surface area contributed by atoms with E-state index in [2.05, 4.69) is 10.3 Å². The Balaban J connectivity index is 1.73. The van der Waals surface area contributed by atoms with Gasteiger partial charge in [0.1, 0.15) is 0 Å². The molecule has 1 amide bonds. The highest BCUT2D eigenvalue weighted by Crippen LogP contribution is 2.23. The van der Waals surface area contributed by atoms with E-state index in [1.165, 1.54) is 35.9 Å². The molecule has 1 aliphatic carbocycles. The summed E-state index contributed by atoms with van der Waals surface area (Å²) in [5, 5.41) is 13.4. The fourth-order valence-electron chi connectivity index (χ4n) is 2.06. The second-order valence-corrected chi connectivity index (χ2v) is 6.59. The van der Waals surface area contributed by atoms with Crippen LogP contribution < -0.4 is 5.32 Å². The molecule has 0 atom stereocenters. The van der Waals surface area contributed by atoms with Crippen molar-refractivity contribution in [3.63, 3.8) is 0 Å². The van der Waals surface area contributed by atoms with E-state index >= 15 is 0 Å². The van der Waals surface area contributed by atoms with Crippen LogP contribution >= 0.6 is 23.1 Å². The molecule has 104 valence electrons. The van der Waals surface area contributed by atoms with E-state index in [1.807, 2.05) is 0 Å². The molecule has 0 radical (unpaired) electrons. The highest BCUT2D eigenvalue weighted by molar-refractivity contribution is 8.01. The Hall–Kier alpha value is -1.08. The molecular weight excluding hydrogens is 284 g/mol. The summed E-state index contributed by atoms with van der Waals surface area (Å²) in [6.45, 7) is 0. The second kappa shape index (κ2) is 6.91. The van der Waals surface area contributed by atoms with Crippen LogP contribution in [0.25, 0.3) is 0 Å². The topological polar surface area (TPSA) is 79.3 Å². The van der Waals surface area contributed by atoms with Crippen molar-refractivity contribution in [2.45, 2.75) is 42.5 Å². The molecule has 19 heavy (non-hydrogen) atoms. The van der Waals surface area contributed by atoms with Crippen molar-refractivity contribution < 1.29 is 14.7 Å². The SMILES string of the molecule is O=C(O)Cc1csc(SCC(=O)NC2CCCC2)n1. The maximum Gasteiger partial charge on any atom is 0.309 e. The Morgan fingerprint density at radius 1 is 1.47 bits per heavy atom. The molecule has 0 spiro atoms. The second-order valence-electron chi connectivity index (χ2n) is 4.51. The van der Waals surface area contributed by atoms with E-state index in [4.69, 9.17) is 5.11 Å². The maximum atomic E-state index is 11.7. The molecule has 2 rings (SSSR count). The van der Waals surface area contributed by atoms with Crippen LogP contribution in [0.1, 0.15) is 31.4 Å². The maximum absolute atomic E-state index is 11.7. The molecule has 0 bridgehead atoms. The highest BCUT2D eigenvalue weighted by atomic mass is 32.2. The van der Waals surface area contributed by atoms with Gasteiger partial charge < -0.3 is 10.4 Å². The van der Waals surface area contributed by atoms with Gasteiger partial charge in [-0.15, -0.1) is 11.3 Å². The van der Waals surface area contributed by atoms with Crippen molar-refractivity contribution in [3.05, 3.63) is 11.1 Å². The summed E-state index contributed by atoms with van der Waals surface area (Å²) in [6, 6.07) is 0.340. The van der Waals surface area contributed by atoms with Crippen LogP contribution in [-0.2, 0) is 16.0 Å². The summed E-state index contributed by atoms with van der Waals surface area (Å²) in [6.07, 6.45) is 4.49. The largest absolute Gasteiger partial charge is 0.481 e. The van der Waals surface area contributed by atoms with Gasteiger partial charge in [0, 0.05) is 11.4 Å². The number of nitrogens with zero attached hydrogens (tertiary/aromatic N) is 1. The lowest BCUT2D eigenvalue weighted by Gasteiger charge is -2.10. The molecule has 1 saturated carbocycles.